The highest BCUT2D eigenvalue weighted by atomic mass is 32.1. The molecule has 0 aromatic carbocycles. The van der Waals surface area contributed by atoms with Crippen molar-refractivity contribution in [3.8, 4) is 10.7 Å². The van der Waals surface area contributed by atoms with Crippen molar-refractivity contribution in [3.05, 3.63) is 29.4 Å². The summed E-state index contributed by atoms with van der Waals surface area (Å²) in [5, 5.41) is 9.91. The summed E-state index contributed by atoms with van der Waals surface area (Å²) < 4.78 is 7.35. The van der Waals surface area contributed by atoms with E-state index >= 15 is 0 Å². The molecule has 18 heavy (non-hydrogen) atoms. The molecule has 1 N–H and O–H groups in total. The van der Waals surface area contributed by atoms with Crippen LogP contribution >= 0.6 is 11.3 Å². The number of ether oxygens (including phenoxy) is 1. The normalized spacial score (nSPS) is 23.7. The fraction of sp³-hybridized carbons (Fsp3) is 0.462. The molecule has 3 heterocycles. The van der Waals surface area contributed by atoms with Crippen LogP contribution in [0.3, 0.4) is 0 Å². The Morgan fingerprint density at radius 1 is 1.50 bits per heavy atom. The summed E-state index contributed by atoms with van der Waals surface area (Å²) >= 11 is 1.76. The number of aliphatic hydroxyl groups excluding tert-OH is 1. The van der Waals surface area contributed by atoms with Gasteiger partial charge in [0.25, 0.3) is 0 Å². The zero-order chi connectivity index (χ0) is 12.5. The molecule has 2 atom stereocenters. The predicted molar refractivity (Wildman–Crippen MR) is 70.8 cm³/mol. The van der Waals surface area contributed by atoms with Crippen molar-refractivity contribution in [2.45, 2.75) is 25.5 Å². The SMILES string of the molecule is CCc1ccc(-c2nccn2[C@H]2COC[C@H]2O)s1. The average Bonchev–Trinajstić information content (AvgIpc) is 3.06. The largest absolute Gasteiger partial charge is 0.388 e. The summed E-state index contributed by atoms with van der Waals surface area (Å²) in [6.07, 6.45) is 4.30. The molecule has 0 amide bonds. The van der Waals surface area contributed by atoms with Crippen LogP contribution in [-0.2, 0) is 11.2 Å². The fourth-order valence-electron chi connectivity index (χ4n) is 2.26. The first kappa shape index (κ1) is 11.9. The standard InChI is InChI=1S/C13H16N2O2S/c1-2-9-3-4-12(18-9)13-14-5-6-15(13)10-7-17-8-11(10)16/h3-6,10-11,16H,2,7-8H2,1H3/t10-,11+/m0/s1. The molecule has 1 aliphatic heterocycles. The zero-order valence-corrected chi connectivity index (χ0v) is 11.1. The molecule has 3 rings (SSSR count). The highest BCUT2D eigenvalue weighted by Crippen LogP contribution is 2.31. The maximum Gasteiger partial charge on any atom is 0.150 e. The maximum absolute atomic E-state index is 9.91. The summed E-state index contributed by atoms with van der Waals surface area (Å²) in [5.74, 6) is 0.925. The van der Waals surface area contributed by atoms with Gasteiger partial charge in [-0.15, -0.1) is 11.3 Å². The highest BCUT2D eigenvalue weighted by Gasteiger charge is 2.29. The van der Waals surface area contributed by atoms with Crippen LogP contribution < -0.4 is 0 Å². The molecule has 0 saturated carbocycles. The van der Waals surface area contributed by atoms with Gasteiger partial charge in [0.15, 0.2) is 0 Å². The van der Waals surface area contributed by atoms with Crippen LogP contribution in [0.15, 0.2) is 24.5 Å². The lowest BCUT2D eigenvalue weighted by atomic mass is 10.2. The van der Waals surface area contributed by atoms with E-state index in [1.807, 2.05) is 10.8 Å². The molecule has 4 nitrogen and oxygen atoms in total. The second kappa shape index (κ2) is 4.84. The smallest absolute Gasteiger partial charge is 0.150 e. The number of nitrogens with zero attached hydrogens (tertiary/aromatic N) is 2. The maximum atomic E-state index is 9.91. The number of aryl methyl sites for hydroxylation is 1. The molecule has 2 aromatic heterocycles. The molecule has 0 radical (unpaired) electrons. The van der Waals surface area contributed by atoms with Gasteiger partial charge in [0, 0.05) is 17.3 Å². The number of aliphatic hydroxyl groups is 1. The topological polar surface area (TPSA) is 47.3 Å². The minimum absolute atomic E-state index is 0.0188. The van der Waals surface area contributed by atoms with E-state index in [1.54, 1.807) is 17.5 Å². The van der Waals surface area contributed by atoms with Gasteiger partial charge in [0.2, 0.25) is 0 Å². The molecular formula is C13H16N2O2S. The molecule has 5 heteroatoms. The van der Waals surface area contributed by atoms with Crippen LogP contribution in [0.25, 0.3) is 10.7 Å². The Balaban J connectivity index is 1.95. The highest BCUT2D eigenvalue weighted by molar-refractivity contribution is 7.15. The van der Waals surface area contributed by atoms with Gasteiger partial charge in [-0.25, -0.2) is 4.98 Å². The monoisotopic (exact) mass is 264 g/mol. The molecule has 0 aliphatic carbocycles. The van der Waals surface area contributed by atoms with Crippen LogP contribution in [0.1, 0.15) is 17.8 Å². The summed E-state index contributed by atoms with van der Waals surface area (Å²) in [7, 11) is 0. The predicted octanol–water partition coefficient (Wildman–Crippen LogP) is 2.11. The third-order valence-corrected chi connectivity index (χ3v) is 4.50. The molecule has 0 bridgehead atoms. The summed E-state index contributed by atoms with van der Waals surface area (Å²) in [6, 6.07) is 4.22. The van der Waals surface area contributed by atoms with Crippen LogP contribution in [-0.4, -0.2) is 34.0 Å². The van der Waals surface area contributed by atoms with Gasteiger partial charge in [0.05, 0.1) is 24.1 Å². The quantitative estimate of drug-likeness (QED) is 0.923. The van der Waals surface area contributed by atoms with Crippen molar-refractivity contribution in [1.29, 1.82) is 0 Å². The number of hydrogen-bond donors (Lipinski definition) is 1. The Kier molecular flexibility index (Phi) is 3.20. The number of imidazole rings is 1. The summed E-state index contributed by atoms with van der Waals surface area (Å²) in [6.45, 7) is 3.11. The number of rotatable bonds is 3. The van der Waals surface area contributed by atoms with Crippen molar-refractivity contribution in [2.24, 2.45) is 0 Å². The molecule has 1 fully saturated rings. The molecule has 96 valence electrons. The average molecular weight is 264 g/mol. The molecule has 1 aliphatic rings. The van der Waals surface area contributed by atoms with Crippen molar-refractivity contribution in [3.63, 3.8) is 0 Å². The Morgan fingerprint density at radius 2 is 2.39 bits per heavy atom. The molecular weight excluding hydrogens is 248 g/mol. The van der Waals surface area contributed by atoms with Gasteiger partial charge in [-0.3, -0.25) is 0 Å². The van der Waals surface area contributed by atoms with Crippen LogP contribution in [0, 0.1) is 0 Å². The van der Waals surface area contributed by atoms with Crippen molar-refractivity contribution >= 4 is 11.3 Å². The second-order valence-electron chi connectivity index (χ2n) is 4.45. The lowest BCUT2D eigenvalue weighted by molar-refractivity contribution is 0.119. The summed E-state index contributed by atoms with van der Waals surface area (Å²) in [4.78, 5) is 6.92. The van der Waals surface area contributed by atoms with E-state index in [9.17, 15) is 5.11 Å². The van der Waals surface area contributed by atoms with Crippen LogP contribution in [0.5, 0.6) is 0 Å². The van der Waals surface area contributed by atoms with Gasteiger partial charge in [0.1, 0.15) is 11.9 Å². The van der Waals surface area contributed by atoms with E-state index in [4.69, 9.17) is 4.74 Å². The van der Waals surface area contributed by atoms with Crippen molar-refractivity contribution in [2.75, 3.05) is 13.2 Å². The van der Waals surface area contributed by atoms with Crippen molar-refractivity contribution < 1.29 is 9.84 Å². The molecule has 0 unspecified atom stereocenters. The Bertz CT molecular complexity index is 535. The van der Waals surface area contributed by atoms with Gasteiger partial charge in [-0.1, -0.05) is 6.92 Å². The van der Waals surface area contributed by atoms with Gasteiger partial charge < -0.3 is 14.4 Å². The number of thiophene rings is 1. The minimum Gasteiger partial charge on any atom is -0.388 e. The minimum atomic E-state index is -0.441. The molecule has 2 aromatic rings. The molecule has 0 spiro atoms. The fourth-order valence-corrected chi connectivity index (χ4v) is 3.21. The first-order chi connectivity index (χ1) is 8.79. The Labute approximate surface area is 110 Å². The first-order valence-electron chi connectivity index (χ1n) is 6.17. The second-order valence-corrected chi connectivity index (χ2v) is 5.62. The van der Waals surface area contributed by atoms with E-state index in [-0.39, 0.29) is 6.04 Å². The summed E-state index contributed by atoms with van der Waals surface area (Å²) in [5.41, 5.74) is 0. The Hall–Kier alpha value is -1.17. The van der Waals surface area contributed by atoms with E-state index in [0.717, 1.165) is 17.1 Å². The number of hydrogen-bond acceptors (Lipinski definition) is 4. The third-order valence-electron chi connectivity index (χ3n) is 3.28. The zero-order valence-electron chi connectivity index (χ0n) is 10.2. The van der Waals surface area contributed by atoms with E-state index in [1.165, 1.54) is 4.88 Å². The first-order valence-corrected chi connectivity index (χ1v) is 6.99. The number of aromatic nitrogens is 2. The van der Waals surface area contributed by atoms with Gasteiger partial charge >= 0.3 is 0 Å². The lowest BCUT2D eigenvalue weighted by Crippen LogP contribution is -2.22. The van der Waals surface area contributed by atoms with Gasteiger partial charge in [-0.2, -0.15) is 0 Å². The van der Waals surface area contributed by atoms with Gasteiger partial charge in [-0.05, 0) is 18.6 Å². The Morgan fingerprint density at radius 3 is 3.06 bits per heavy atom. The van der Waals surface area contributed by atoms with Crippen LogP contribution in [0.2, 0.25) is 0 Å². The van der Waals surface area contributed by atoms with E-state index in [2.05, 4.69) is 24.0 Å². The lowest BCUT2D eigenvalue weighted by Gasteiger charge is -2.16. The molecule has 1 saturated heterocycles. The van der Waals surface area contributed by atoms with E-state index < -0.39 is 6.10 Å². The van der Waals surface area contributed by atoms with Crippen molar-refractivity contribution in [1.82, 2.24) is 9.55 Å². The van der Waals surface area contributed by atoms with E-state index in [0.29, 0.717) is 13.2 Å². The van der Waals surface area contributed by atoms with Crippen LogP contribution in [0.4, 0.5) is 0 Å². The third kappa shape index (κ3) is 1.98.